The number of benzene rings is 1. The summed E-state index contributed by atoms with van der Waals surface area (Å²) in [7, 11) is 0. The van der Waals surface area contributed by atoms with Crippen LogP contribution in [0.4, 0.5) is 4.39 Å². The van der Waals surface area contributed by atoms with Crippen molar-refractivity contribution in [3.8, 4) is 0 Å². The van der Waals surface area contributed by atoms with E-state index >= 15 is 0 Å². The summed E-state index contributed by atoms with van der Waals surface area (Å²) in [6, 6.07) is 4.61. The second kappa shape index (κ2) is 5.48. The third-order valence-corrected chi connectivity index (χ3v) is 3.11. The van der Waals surface area contributed by atoms with Gasteiger partial charge in [0, 0.05) is 12.5 Å². The summed E-state index contributed by atoms with van der Waals surface area (Å²) >= 11 is 0. The van der Waals surface area contributed by atoms with Crippen LogP contribution in [-0.4, -0.2) is 19.9 Å². The normalized spacial score (nSPS) is 12.9. The molecule has 0 bridgehead atoms. The van der Waals surface area contributed by atoms with Crippen molar-refractivity contribution in [1.82, 2.24) is 14.8 Å². The summed E-state index contributed by atoms with van der Waals surface area (Å²) in [5, 5.41) is 14.4. The molecule has 1 aromatic heterocycles. The Bertz CT molecular complexity index is 566. The number of aryl methyl sites for hydroxylation is 1. The van der Waals surface area contributed by atoms with Gasteiger partial charge in [0.2, 0.25) is 0 Å². The molecule has 0 radical (unpaired) electrons. The van der Waals surface area contributed by atoms with E-state index in [1.165, 1.54) is 18.5 Å². The summed E-state index contributed by atoms with van der Waals surface area (Å²) in [5.74, 6) is 0.358. The van der Waals surface area contributed by atoms with Crippen molar-refractivity contribution in [3.05, 3.63) is 47.3 Å². The number of hydrogen-bond donors (Lipinski definition) is 1. The first-order valence-corrected chi connectivity index (χ1v) is 6.31. The van der Waals surface area contributed by atoms with Crippen LogP contribution in [0.1, 0.15) is 42.9 Å². The molecule has 1 atom stereocenters. The summed E-state index contributed by atoms with van der Waals surface area (Å²) in [5.41, 5.74) is 1.46. The second-order valence-corrected chi connectivity index (χ2v) is 4.94. The van der Waals surface area contributed by atoms with Gasteiger partial charge in [-0.05, 0) is 44.0 Å². The van der Waals surface area contributed by atoms with Crippen LogP contribution in [0.25, 0.3) is 0 Å². The molecule has 1 aromatic carbocycles. The monoisotopic (exact) mass is 263 g/mol. The van der Waals surface area contributed by atoms with Crippen molar-refractivity contribution in [1.29, 1.82) is 0 Å². The van der Waals surface area contributed by atoms with E-state index in [9.17, 15) is 9.50 Å². The van der Waals surface area contributed by atoms with Crippen LogP contribution < -0.4 is 0 Å². The van der Waals surface area contributed by atoms with E-state index in [4.69, 9.17) is 0 Å². The highest BCUT2D eigenvalue weighted by molar-refractivity contribution is 5.29. The minimum absolute atomic E-state index is 0.179. The highest BCUT2D eigenvalue weighted by atomic mass is 19.1. The first-order chi connectivity index (χ1) is 8.99. The molecule has 0 aliphatic carbocycles. The molecule has 0 fully saturated rings. The highest BCUT2D eigenvalue weighted by Crippen LogP contribution is 2.22. The first kappa shape index (κ1) is 13.7. The summed E-state index contributed by atoms with van der Waals surface area (Å²) < 4.78 is 15.0. The average Bonchev–Trinajstić information content (AvgIpc) is 2.80. The molecule has 0 saturated heterocycles. The smallest absolute Gasteiger partial charge is 0.138 e. The zero-order valence-electron chi connectivity index (χ0n) is 11.3. The van der Waals surface area contributed by atoms with Gasteiger partial charge in [0.1, 0.15) is 18.0 Å². The maximum Gasteiger partial charge on any atom is 0.138 e. The van der Waals surface area contributed by atoms with E-state index in [2.05, 4.69) is 10.1 Å². The lowest BCUT2D eigenvalue weighted by Gasteiger charge is -2.15. The molecule has 2 aromatic rings. The molecule has 102 valence electrons. The zero-order chi connectivity index (χ0) is 14.0. The lowest BCUT2D eigenvalue weighted by Crippen LogP contribution is -2.13. The Morgan fingerprint density at radius 2 is 2.11 bits per heavy atom. The number of nitrogens with zero attached hydrogens (tertiary/aromatic N) is 3. The molecule has 2 rings (SSSR count). The number of aliphatic hydroxyl groups is 1. The molecule has 1 heterocycles. The molecule has 1 unspecified atom stereocenters. The van der Waals surface area contributed by atoms with Gasteiger partial charge in [-0.15, -0.1) is 0 Å². The van der Waals surface area contributed by atoms with Crippen LogP contribution in [0.2, 0.25) is 0 Å². The molecule has 0 amide bonds. The van der Waals surface area contributed by atoms with Gasteiger partial charge < -0.3 is 5.11 Å². The Morgan fingerprint density at radius 1 is 1.37 bits per heavy atom. The largest absolute Gasteiger partial charge is 0.388 e. The fourth-order valence-electron chi connectivity index (χ4n) is 2.10. The molecule has 5 heteroatoms. The molecule has 19 heavy (non-hydrogen) atoms. The average molecular weight is 263 g/mol. The number of halogens is 1. The molecule has 4 nitrogen and oxygen atoms in total. The van der Waals surface area contributed by atoms with Crippen molar-refractivity contribution in [3.63, 3.8) is 0 Å². The standard InChI is InChI=1S/C14H18FN3O/c1-9(2)18-14(16-8-17-18)7-13(19)12-6-11(15)5-4-10(12)3/h4-6,8-9,13,19H,7H2,1-3H3. The highest BCUT2D eigenvalue weighted by Gasteiger charge is 2.16. The summed E-state index contributed by atoms with van der Waals surface area (Å²) in [6.45, 7) is 5.85. The molecule has 0 aliphatic rings. The van der Waals surface area contributed by atoms with Gasteiger partial charge in [0.25, 0.3) is 0 Å². The third-order valence-electron chi connectivity index (χ3n) is 3.11. The number of aromatic nitrogens is 3. The van der Waals surface area contributed by atoms with E-state index in [0.717, 1.165) is 5.56 Å². The number of hydrogen-bond acceptors (Lipinski definition) is 3. The Morgan fingerprint density at radius 3 is 2.79 bits per heavy atom. The Hall–Kier alpha value is -1.75. The van der Waals surface area contributed by atoms with E-state index in [0.29, 0.717) is 17.8 Å². The predicted molar refractivity (Wildman–Crippen MR) is 70.2 cm³/mol. The second-order valence-electron chi connectivity index (χ2n) is 4.94. The molecule has 0 aliphatic heterocycles. The predicted octanol–water partition coefficient (Wildman–Crippen LogP) is 2.58. The van der Waals surface area contributed by atoms with E-state index in [1.54, 1.807) is 10.7 Å². The first-order valence-electron chi connectivity index (χ1n) is 6.31. The van der Waals surface area contributed by atoms with E-state index in [-0.39, 0.29) is 11.9 Å². The SMILES string of the molecule is Cc1ccc(F)cc1C(O)Cc1ncnn1C(C)C. The molecule has 1 N–H and O–H groups in total. The van der Waals surface area contributed by atoms with Crippen molar-refractivity contribution < 1.29 is 9.50 Å². The topological polar surface area (TPSA) is 50.9 Å². The molecular weight excluding hydrogens is 245 g/mol. The molecular formula is C14H18FN3O. The van der Waals surface area contributed by atoms with Gasteiger partial charge in [-0.2, -0.15) is 5.10 Å². The quantitative estimate of drug-likeness (QED) is 0.922. The third kappa shape index (κ3) is 2.98. The van der Waals surface area contributed by atoms with Crippen molar-refractivity contribution in [2.45, 2.75) is 39.3 Å². The minimum Gasteiger partial charge on any atom is -0.388 e. The Balaban J connectivity index is 2.23. The van der Waals surface area contributed by atoms with Crippen molar-refractivity contribution in [2.24, 2.45) is 0 Å². The number of aliphatic hydroxyl groups excluding tert-OH is 1. The van der Waals surface area contributed by atoms with Crippen LogP contribution in [0.15, 0.2) is 24.5 Å². The van der Waals surface area contributed by atoms with Crippen LogP contribution in [0.3, 0.4) is 0 Å². The molecule has 0 saturated carbocycles. The Kier molecular flexibility index (Phi) is 3.95. The van der Waals surface area contributed by atoms with Gasteiger partial charge in [-0.3, -0.25) is 0 Å². The maximum atomic E-state index is 13.2. The van der Waals surface area contributed by atoms with Crippen molar-refractivity contribution in [2.75, 3.05) is 0 Å². The van der Waals surface area contributed by atoms with Crippen LogP contribution >= 0.6 is 0 Å². The summed E-state index contributed by atoms with van der Waals surface area (Å²) in [4.78, 5) is 4.15. The molecule has 0 spiro atoms. The van der Waals surface area contributed by atoms with E-state index in [1.807, 2.05) is 20.8 Å². The van der Waals surface area contributed by atoms with Crippen molar-refractivity contribution >= 4 is 0 Å². The maximum absolute atomic E-state index is 13.2. The van der Waals surface area contributed by atoms with Gasteiger partial charge in [-0.1, -0.05) is 6.07 Å². The minimum atomic E-state index is -0.780. The van der Waals surface area contributed by atoms with Crippen LogP contribution in [-0.2, 0) is 6.42 Å². The van der Waals surface area contributed by atoms with Gasteiger partial charge in [0.15, 0.2) is 0 Å². The lowest BCUT2D eigenvalue weighted by atomic mass is 10.0. The van der Waals surface area contributed by atoms with Crippen LogP contribution in [0.5, 0.6) is 0 Å². The number of rotatable bonds is 4. The fourth-order valence-corrected chi connectivity index (χ4v) is 2.10. The van der Waals surface area contributed by atoms with Gasteiger partial charge in [0.05, 0.1) is 6.10 Å². The Labute approximate surface area is 111 Å². The van der Waals surface area contributed by atoms with Gasteiger partial charge in [-0.25, -0.2) is 14.1 Å². The van der Waals surface area contributed by atoms with E-state index < -0.39 is 6.10 Å². The van der Waals surface area contributed by atoms with Gasteiger partial charge >= 0.3 is 0 Å². The fraction of sp³-hybridized carbons (Fsp3) is 0.429. The van der Waals surface area contributed by atoms with Crippen LogP contribution in [0, 0.1) is 12.7 Å². The summed E-state index contributed by atoms with van der Waals surface area (Å²) in [6.07, 6.45) is 1.01. The zero-order valence-corrected chi connectivity index (χ0v) is 11.3. The lowest BCUT2D eigenvalue weighted by molar-refractivity contribution is 0.172.